The Morgan fingerprint density at radius 3 is 2.50 bits per heavy atom. The highest BCUT2D eigenvalue weighted by molar-refractivity contribution is 5.23. The molecule has 1 N–H and O–H groups in total. The number of nitrogens with one attached hydrogen (secondary N) is 1. The third-order valence-corrected chi connectivity index (χ3v) is 4.53. The minimum atomic E-state index is 0.729. The zero-order chi connectivity index (χ0) is 14.4. The molecule has 2 heteroatoms. The molecular formula is C18H30N2. The Labute approximate surface area is 124 Å². The molecule has 0 saturated carbocycles. The number of hydrogen-bond acceptors (Lipinski definition) is 2. The summed E-state index contributed by atoms with van der Waals surface area (Å²) >= 11 is 0. The van der Waals surface area contributed by atoms with Gasteiger partial charge in [0.15, 0.2) is 0 Å². The van der Waals surface area contributed by atoms with Gasteiger partial charge in [-0.2, -0.15) is 0 Å². The first-order valence-electron chi connectivity index (χ1n) is 8.21. The molecule has 1 saturated heterocycles. The summed E-state index contributed by atoms with van der Waals surface area (Å²) < 4.78 is 0. The standard InChI is InChI=1S/C18H30N2/c1-4-19-11-9-17-5-7-18(8-6-17)14-20-12-10-15(2)13-16(20)3/h5-8,15-16,19H,4,9-14H2,1-3H3. The lowest BCUT2D eigenvalue weighted by Gasteiger charge is -2.36. The maximum absolute atomic E-state index is 3.38. The Morgan fingerprint density at radius 1 is 1.15 bits per heavy atom. The summed E-state index contributed by atoms with van der Waals surface area (Å²) in [5.74, 6) is 0.898. The first kappa shape index (κ1) is 15.5. The Balaban J connectivity index is 1.84. The lowest BCUT2D eigenvalue weighted by Crippen LogP contribution is -2.39. The molecule has 2 atom stereocenters. The van der Waals surface area contributed by atoms with Gasteiger partial charge in [-0.25, -0.2) is 0 Å². The van der Waals surface area contributed by atoms with Crippen molar-refractivity contribution < 1.29 is 0 Å². The normalized spacial score (nSPS) is 23.9. The molecular weight excluding hydrogens is 244 g/mol. The molecule has 1 fully saturated rings. The summed E-state index contributed by atoms with van der Waals surface area (Å²) in [4.78, 5) is 2.63. The minimum Gasteiger partial charge on any atom is -0.317 e. The first-order chi connectivity index (χ1) is 9.69. The fraction of sp³-hybridized carbons (Fsp3) is 0.667. The van der Waals surface area contributed by atoms with Crippen LogP contribution in [-0.4, -0.2) is 30.6 Å². The smallest absolute Gasteiger partial charge is 0.0236 e. The van der Waals surface area contributed by atoms with Crippen molar-refractivity contribution in [1.82, 2.24) is 10.2 Å². The molecule has 0 radical (unpaired) electrons. The van der Waals surface area contributed by atoms with Crippen LogP contribution in [0.1, 0.15) is 44.7 Å². The lowest BCUT2D eigenvalue weighted by atomic mass is 9.93. The fourth-order valence-corrected chi connectivity index (χ4v) is 3.15. The highest BCUT2D eigenvalue weighted by Crippen LogP contribution is 2.23. The van der Waals surface area contributed by atoms with Crippen molar-refractivity contribution in [1.29, 1.82) is 0 Å². The third kappa shape index (κ3) is 4.60. The largest absolute Gasteiger partial charge is 0.317 e. The van der Waals surface area contributed by atoms with Gasteiger partial charge in [0.1, 0.15) is 0 Å². The molecule has 0 bridgehead atoms. The van der Waals surface area contributed by atoms with Gasteiger partial charge >= 0.3 is 0 Å². The van der Waals surface area contributed by atoms with Crippen LogP contribution in [0.4, 0.5) is 0 Å². The van der Waals surface area contributed by atoms with Gasteiger partial charge in [-0.3, -0.25) is 4.90 Å². The van der Waals surface area contributed by atoms with E-state index >= 15 is 0 Å². The van der Waals surface area contributed by atoms with Crippen LogP contribution in [0.2, 0.25) is 0 Å². The molecule has 1 aliphatic rings. The van der Waals surface area contributed by atoms with Crippen LogP contribution in [0, 0.1) is 5.92 Å². The molecule has 112 valence electrons. The monoisotopic (exact) mass is 274 g/mol. The fourth-order valence-electron chi connectivity index (χ4n) is 3.15. The van der Waals surface area contributed by atoms with Crippen LogP contribution < -0.4 is 5.32 Å². The molecule has 1 aromatic rings. The molecule has 2 nitrogen and oxygen atoms in total. The van der Waals surface area contributed by atoms with E-state index in [2.05, 4.69) is 55.3 Å². The zero-order valence-electron chi connectivity index (χ0n) is 13.4. The van der Waals surface area contributed by atoms with E-state index in [9.17, 15) is 0 Å². The number of likely N-dealkylation sites (tertiary alicyclic amines) is 1. The molecule has 0 amide bonds. The molecule has 2 rings (SSSR count). The van der Waals surface area contributed by atoms with Crippen molar-refractivity contribution in [3.8, 4) is 0 Å². The average molecular weight is 274 g/mol. The molecule has 1 aliphatic heterocycles. The highest BCUT2D eigenvalue weighted by atomic mass is 15.2. The van der Waals surface area contributed by atoms with E-state index in [0.29, 0.717) is 0 Å². The summed E-state index contributed by atoms with van der Waals surface area (Å²) in [6.07, 6.45) is 3.83. The number of nitrogens with zero attached hydrogens (tertiary/aromatic N) is 1. The predicted molar refractivity (Wildman–Crippen MR) is 87.0 cm³/mol. The second-order valence-corrected chi connectivity index (χ2v) is 6.37. The minimum absolute atomic E-state index is 0.729. The van der Waals surface area contributed by atoms with Crippen LogP contribution in [-0.2, 0) is 13.0 Å². The zero-order valence-corrected chi connectivity index (χ0v) is 13.4. The summed E-state index contributed by atoms with van der Waals surface area (Å²) in [6, 6.07) is 9.94. The van der Waals surface area contributed by atoms with E-state index in [-0.39, 0.29) is 0 Å². The SMILES string of the molecule is CCNCCc1ccc(CN2CCC(C)CC2C)cc1. The van der Waals surface area contributed by atoms with Crippen molar-refractivity contribution in [2.75, 3.05) is 19.6 Å². The second kappa shape index (κ2) is 7.80. The van der Waals surface area contributed by atoms with Crippen LogP contribution in [0.5, 0.6) is 0 Å². The van der Waals surface area contributed by atoms with Gasteiger partial charge in [-0.15, -0.1) is 0 Å². The summed E-state index contributed by atoms with van der Waals surface area (Å²) in [5, 5.41) is 3.38. The summed E-state index contributed by atoms with van der Waals surface area (Å²) in [5.41, 5.74) is 2.90. The van der Waals surface area contributed by atoms with Crippen LogP contribution in [0.25, 0.3) is 0 Å². The topological polar surface area (TPSA) is 15.3 Å². The van der Waals surface area contributed by atoms with Crippen molar-refractivity contribution in [3.63, 3.8) is 0 Å². The summed E-state index contributed by atoms with van der Waals surface area (Å²) in [7, 11) is 0. The van der Waals surface area contributed by atoms with E-state index < -0.39 is 0 Å². The molecule has 0 aromatic heterocycles. The molecule has 0 aliphatic carbocycles. The van der Waals surface area contributed by atoms with E-state index in [4.69, 9.17) is 0 Å². The van der Waals surface area contributed by atoms with Gasteiger partial charge in [0, 0.05) is 12.6 Å². The third-order valence-electron chi connectivity index (χ3n) is 4.53. The van der Waals surface area contributed by atoms with Crippen LogP contribution in [0.15, 0.2) is 24.3 Å². The van der Waals surface area contributed by atoms with Gasteiger partial charge in [-0.1, -0.05) is 38.1 Å². The van der Waals surface area contributed by atoms with E-state index in [1.54, 1.807) is 0 Å². The molecule has 2 unspecified atom stereocenters. The van der Waals surface area contributed by atoms with Gasteiger partial charge in [0.25, 0.3) is 0 Å². The van der Waals surface area contributed by atoms with Gasteiger partial charge in [0.05, 0.1) is 0 Å². The average Bonchev–Trinajstić information content (AvgIpc) is 2.44. The van der Waals surface area contributed by atoms with Crippen molar-refractivity contribution in [2.24, 2.45) is 5.92 Å². The highest BCUT2D eigenvalue weighted by Gasteiger charge is 2.22. The van der Waals surface area contributed by atoms with Gasteiger partial charge in [-0.05, 0) is 62.9 Å². The molecule has 0 spiro atoms. The number of benzene rings is 1. The maximum atomic E-state index is 3.38. The number of likely N-dealkylation sites (N-methyl/N-ethyl adjacent to an activating group) is 1. The Bertz CT molecular complexity index is 385. The first-order valence-corrected chi connectivity index (χ1v) is 8.21. The maximum Gasteiger partial charge on any atom is 0.0236 e. The van der Waals surface area contributed by atoms with Gasteiger partial charge < -0.3 is 5.32 Å². The van der Waals surface area contributed by atoms with E-state index in [1.165, 1.54) is 30.5 Å². The predicted octanol–water partition coefficient (Wildman–Crippen LogP) is 3.46. The summed E-state index contributed by atoms with van der Waals surface area (Å²) in [6.45, 7) is 11.4. The van der Waals surface area contributed by atoms with Crippen LogP contribution >= 0.6 is 0 Å². The Hall–Kier alpha value is -0.860. The number of hydrogen-bond donors (Lipinski definition) is 1. The molecule has 1 heterocycles. The van der Waals surface area contributed by atoms with Gasteiger partial charge in [0.2, 0.25) is 0 Å². The molecule has 1 aromatic carbocycles. The van der Waals surface area contributed by atoms with Crippen molar-refractivity contribution in [2.45, 2.75) is 52.6 Å². The number of piperidine rings is 1. The Kier molecular flexibility index (Phi) is 6.06. The van der Waals surface area contributed by atoms with Crippen molar-refractivity contribution >= 4 is 0 Å². The second-order valence-electron chi connectivity index (χ2n) is 6.37. The lowest BCUT2D eigenvalue weighted by molar-refractivity contribution is 0.122. The van der Waals surface area contributed by atoms with E-state index in [0.717, 1.165) is 38.0 Å². The van der Waals surface area contributed by atoms with Crippen LogP contribution in [0.3, 0.4) is 0 Å². The Morgan fingerprint density at radius 2 is 1.85 bits per heavy atom. The molecule has 20 heavy (non-hydrogen) atoms. The van der Waals surface area contributed by atoms with E-state index in [1.807, 2.05) is 0 Å². The number of rotatable bonds is 6. The quantitative estimate of drug-likeness (QED) is 0.799. The van der Waals surface area contributed by atoms with Crippen molar-refractivity contribution in [3.05, 3.63) is 35.4 Å².